The number of aliphatic imine (C=N–C) groups is 1. The van der Waals surface area contributed by atoms with Crippen molar-refractivity contribution in [3.63, 3.8) is 0 Å². The second-order valence-corrected chi connectivity index (χ2v) is 14.8. The van der Waals surface area contributed by atoms with E-state index in [9.17, 15) is 4.79 Å². The van der Waals surface area contributed by atoms with Crippen LogP contribution >= 0.6 is 0 Å². The summed E-state index contributed by atoms with van der Waals surface area (Å²) in [5.41, 5.74) is 9.98. The number of fused-ring (bicyclic) bond motifs is 2. The summed E-state index contributed by atoms with van der Waals surface area (Å²) in [7, 11) is 1.50. The lowest BCUT2D eigenvalue weighted by Gasteiger charge is -2.45. The SMILES string of the molecule is C=C/C=C1/CCC23C4CCC(C(C)=NCC(=C)N(CCC5NCCC5=O)C(C)(C)C)C4(C)CCC2C13CCC.CN. The van der Waals surface area contributed by atoms with Crippen LogP contribution in [0.1, 0.15) is 106 Å². The number of carbonyl (C=O) groups is 1. The van der Waals surface area contributed by atoms with E-state index in [0.717, 1.165) is 37.0 Å². The molecule has 1 aliphatic heterocycles. The molecule has 41 heavy (non-hydrogen) atoms. The van der Waals surface area contributed by atoms with Gasteiger partial charge >= 0.3 is 0 Å². The molecule has 7 atom stereocenters. The Hall–Kier alpha value is -1.72. The zero-order chi connectivity index (χ0) is 30.2. The van der Waals surface area contributed by atoms with E-state index in [4.69, 9.17) is 4.99 Å². The number of hydrogen-bond acceptors (Lipinski definition) is 5. The van der Waals surface area contributed by atoms with Crippen LogP contribution in [-0.2, 0) is 4.79 Å². The second-order valence-electron chi connectivity index (χ2n) is 14.8. The molecule has 1 heterocycles. The molecular weight excluding hydrogens is 504 g/mol. The standard InChI is InChI=1S/C35H55N3O.CH5N/c1-9-11-26-14-20-35-30-13-12-27(33(30,8)19-15-31(35)34(26,35)18-10-2)25(4)37-23-24(3)38(32(5,6)7)22-17-28-29(39)16-21-36-28;1-2/h9,11,27-28,30-31,36H,1,3,10,12-23H2,2,4-8H3;2H2,1H3/b26-11-,37-25?;. The van der Waals surface area contributed by atoms with E-state index in [0.29, 0.717) is 40.9 Å². The maximum absolute atomic E-state index is 12.2. The fraction of sp³-hybridized carbons (Fsp3) is 0.778. The van der Waals surface area contributed by atoms with Crippen LogP contribution in [0.15, 0.2) is 41.6 Å². The van der Waals surface area contributed by atoms with Crippen LogP contribution in [0.4, 0.5) is 0 Å². The van der Waals surface area contributed by atoms with Crippen LogP contribution in [0.5, 0.6) is 0 Å². The van der Waals surface area contributed by atoms with Gasteiger partial charge in [0.2, 0.25) is 0 Å². The summed E-state index contributed by atoms with van der Waals surface area (Å²) in [6, 6.07) is -0.00237. The smallest absolute Gasteiger partial charge is 0.151 e. The first-order valence-electron chi connectivity index (χ1n) is 16.6. The molecule has 0 aromatic rings. The molecular formula is C36H60N4O. The van der Waals surface area contributed by atoms with Gasteiger partial charge in [-0.25, -0.2) is 0 Å². The third-order valence-corrected chi connectivity index (χ3v) is 12.2. The number of hydrogen-bond donors (Lipinski definition) is 2. The Bertz CT molecular complexity index is 1070. The van der Waals surface area contributed by atoms with Gasteiger partial charge in [0.05, 0.1) is 12.6 Å². The molecule has 0 aromatic heterocycles. The number of nitrogens with one attached hydrogen (secondary N) is 1. The van der Waals surface area contributed by atoms with Crippen molar-refractivity contribution in [2.24, 2.45) is 44.7 Å². The molecule has 5 fully saturated rings. The number of rotatable bonds is 10. The van der Waals surface area contributed by atoms with Crippen LogP contribution in [0.3, 0.4) is 0 Å². The zero-order valence-corrected chi connectivity index (χ0v) is 27.5. The Morgan fingerprint density at radius 3 is 2.51 bits per heavy atom. The lowest BCUT2D eigenvalue weighted by molar-refractivity contribution is -0.118. The predicted octanol–water partition coefficient (Wildman–Crippen LogP) is 7.09. The molecule has 3 N–H and O–H groups in total. The van der Waals surface area contributed by atoms with Crippen molar-refractivity contribution in [3.05, 3.63) is 36.6 Å². The number of Topliss-reactive ketones (excluding diaryl/α,β-unsaturated/α-hetero) is 1. The molecule has 5 rings (SSSR count). The third kappa shape index (κ3) is 5.11. The average Bonchev–Trinajstić information content (AvgIpc) is 3.27. The highest BCUT2D eigenvalue weighted by Gasteiger charge is 2.84. The van der Waals surface area contributed by atoms with E-state index in [1.54, 1.807) is 5.57 Å². The number of carbonyl (C=O) groups excluding carboxylic acids is 1. The Morgan fingerprint density at radius 2 is 1.90 bits per heavy atom. The molecule has 0 bridgehead atoms. The minimum Gasteiger partial charge on any atom is -0.369 e. The molecule has 5 nitrogen and oxygen atoms in total. The summed E-state index contributed by atoms with van der Waals surface area (Å²) in [4.78, 5) is 19.8. The summed E-state index contributed by atoms with van der Waals surface area (Å²) < 4.78 is 0. The molecule has 1 spiro atoms. The first-order chi connectivity index (χ1) is 19.5. The Kier molecular flexibility index (Phi) is 9.51. The van der Waals surface area contributed by atoms with Crippen molar-refractivity contribution in [3.8, 4) is 0 Å². The quantitative estimate of drug-likeness (QED) is 0.278. The van der Waals surface area contributed by atoms with E-state index in [1.165, 1.54) is 64.1 Å². The highest BCUT2D eigenvalue weighted by atomic mass is 16.1. The van der Waals surface area contributed by atoms with E-state index in [-0.39, 0.29) is 11.6 Å². The maximum atomic E-state index is 12.2. The molecule has 0 radical (unpaired) electrons. The van der Waals surface area contributed by atoms with Crippen molar-refractivity contribution in [2.45, 2.75) is 117 Å². The molecule has 5 aliphatic rings. The summed E-state index contributed by atoms with van der Waals surface area (Å²) in [5.74, 6) is 2.67. The Labute approximate surface area is 251 Å². The second kappa shape index (κ2) is 12.1. The van der Waals surface area contributed by atoms with Gasteiger partial charge in [0.1, 0.15) is 0 Å². The van der Waals surface area contributed by atoms with Gasteiger partial charge in [0, 0.05) is 47.8 Å². The molecule has 4 saturated carbocycles. The molecule has 4 aliphatic carbocycles. The van der Waals surface area contributed by atoms with Crippen LogP contribution < -0.4 is 11.1 Å². The van der Waals surface area contributed by atoms with Crippen LogP contribution in [-0.4, -0.2) is 54.7 Å². The van der Waals surface area contributed by atoms with Crippen LogP contribution in [0.2, 0.25) is 0 Å². The summed E-state index contributed by atoms with van der Waals surface area (Å²) in [5, 5.41) is 3.37. The van der Waals surface area contributed by atoms with E-state index in [1.807, 2.05) is 0 Å². The number of nitrogens with two attached hydrogens (primary N) is 1. The monoisotopic (exact) mass is 564 g/mol. The van der Waals surface area contributed by atoms with Crippen LogP contribution in [0.25, 0.3) is 0 Å². The molecule has 7 unspecified atom stereocenters. The predicted molar refractivity (Wildman–Crippen MR) is 174 cm³/mol. The van der Waals surface area contributed by atoms with Gasteiger partial charge in [0.15, 0.2) is 5.78 Å². The minimum atomic E-state index is -0.0438. The molecule has 0 amide bonds. The maximum Gasteiger partial charge on any atom is 0.151 e. The van der Waals surface area contributed by atoms with Gasteiger partial charge in [-0.05, 0) is 109 Å². The topological polar surface area (TPSA) is 70.7 Å². The van der Waals surface area contributed by atoms with Crippen LogP contribution in [0, 0.1) is 34.0 Å². The lowest BCUT2D eigenvalue weighted by atomic mass is 9.59. The fourth-order valence-corrected chi connectivity index (χ4v) is 10.9. The third-order valence-electron chi connectivity index (χ3n) is 12.2. The fourth-order valence-electron chi connectivity index (χ4n) is 10.9. The van der Waals surface area contributed by atoms with Crippen molar-refractivity contribution in [1.29, 1.82) is 0 Å². The highest BCUT2D eigenvalue weighted by molar-refractivity contribution is 5.86. The van der Waals surface area contributed by atoms with Gasteiger partial charge in [0.25, 0.3) is 0 Å². The van der Waals surface area contributed by atoms with Crippen molar-refractivity contribution in [2.75, 3.05) is 26.7 Å². The van der Waals surface area contributed by atoms with Crippen molar-refractivity contribution in [1.82, 2.24) is 10.2 Å². The van der Waals surface area contributed by atoms with E-state index >= 15 is 0 Å². The van der Waals surface area contributed by atoms with E-state index < -0.39 is 0 Å². The number of nitrogens with zero attached hydrogens (tertiary/aromatic N) is 2. The zero-order valence-electron chi connectivity index (χ0n) is 27.5. The van der Waals surface area contributed by atoms with Gasteiger partial charge in [-0.1, -0.05) is 51.2 Å². The summed E-state index contributed by atoms with van der Waals surface area (Å²) >= 11 is 0. The van der Waals surface area contributed by atoms with Gasteiger partial charge in [-0.3, -0.25) is 9.79 Å². The van der Waals surface area contributed by atoms with Gasteiger partial charge in [-0.15, -0.1) is 0 Å². The van der Waals surface area contributed by atoms with Crippen molar-refractivity contribution < 1.29 is 4.79 Å². The van der Waals surface area contributed by atoms with E-state index in [2.05, 4.69) is 82.8 Å². The Balaban J connectivity index is 0.00000189. The highest BCUT2D eigenvalue weighted by Crippen LogP contribution is 2.90. The van der Waals surface area contributed by atoms with Crippen molar-refractivity contribution >= 4 is 11.5 Å². The first kappa shape index (κ1) is 32.2. The molecule has 5 heteroatoms. The van der Waals surface area contributed by atoms with Gasteiger partial charge in [-0.2, -0.15) is 0 Å². The largest absolute Gasteiger partial charge is 0.369 e. The Morgan fingerprint density at radius 1 is 1.17 bits per heavy atom. The van der Waals surface area contributed by atoms with Gasteiger partial charge < -0.3 is 16.0 Å². The summed E-state index contributed by atoms with van der Waals surface area (Å²) in [6.45, 7) is 24.9. The molecule has 0 aromatic carbocycles. The first-order valence-corrected chi connectivity index (χ1v) is 16.6. The normalized spacial score (nSPS) is 38.6. The number of allylic oxidation sites excluding steroid dienone is 3. The number of ketones is 1. The molecule has 1 saturated heterocycles. The summed E-state index contributed by atoms with van der Waals surface area (Å²) in [6.07, 6.45) is 16.7. The lowest BCUT2D eigenvalue weighted by Crippen LogP contribution is -2.44. The molecule has 230 valence electrons. The minimum absolute atomic E-state index is 0.00237. The average molecular weight is 565 g/mol.